The Bertz CT molecular complexity index is 1020. The molecule has 0 radical (unpaired) electrons. The molecule has 2 aromatic heterocycles. The Morgan fingerprint density at radius 2 is 2.04 bits per heavy atom. The molecule has 8 nitrogen and oxygen atoms in total. The van der Waals surface area contributed by atoms with Crippen molar-refractivity contribution in [3.05, 3.63) is 70.5 Å². The highest BCUT2D eigenvalue weighted by Gasteiger charge is 2.17. The van der Waals surface area contributed by atoms with Crippen LogP contribution in [0.4, 0.5) is 5.69 Å². The van der Waals surface area contributed by atoms with Gasteiger partial charge in [0, 0.05) is 23.0 Å². The molecule has 8 heteroatoms. The smallest absolute Gasteiger partial charge is 0.255 e. The van der Waals surface area contributed by atoms with E-state index >= 15 is 0 Å². The number of hydrogen-bond acceptors (Lipinski definition) is 5. The molecule has 0 saturated heterocycles. The number of benzene rings is 1. The summed E-state index contributed by atoms with van der Waals surface area (Å²) in [5.74, 6) is -0.367. The van der Waals surface area contributed by atoms with Gasteiger partial charge in [-0.3, -0.25) is 14.4 Å². The van der Waals surface area contributed by atoms with E-state index < -0.39 is 11.9 Å². The second-order valence-corrected chi connectivity index (χ2v) is 6.01. The van der Waals surface area contributed by atoms with Crippen molar-refractivity contribution in [2.75, 3.05) is 5.32 Å². The van der Waals surface area contributed by atoms with Crippen LogP contribution in [0.25, 0.3) is 11.4 Å². The van der Waals surface area contributed by atoms with Crippen LogP contribution in [0.2, 0.25) is 0 Å². The van der Waals surface area contributed by atoms with E-state index in [0.717, 1.165) is 0 Å². The van der Waals surface area contributed by atoms with Gasteiger partial charge in [-0.05, 0) is 32.0 Å². The second kappa shape index (κ2) is 7.69. The zero-order chi connectivity index (χ0) is 19.4. The van der Waals surface area contributed by atoms with E-state index in [2.05, 4.69) is 20.6 Å². The summed E-state index contributed by atoms with van der Waals surface area (Å²) in [6, 6.07) is 9.08. The Morgan fingerprint density at radius 1 is 1.22 bits per heavy atom. The number of nitrogens with one attached hydrogen (secondary N) is 3. The van der Waals surface area contributed by atoms with Crippen molar-refractivity contribution in [3.8, 4) is 11.4 Å². The molecular formula is C19H18N4O4. The van der Waals surface area contributed by atoms with Gasteiger partial charge in [-0.1, -0.05) is 12.1 Å². The Labute approximate surface area is 154 Å². The van der Waals surface area contributed by atoms with Crippen LogP contribution in [0.5, 0.6) is 0 Å². The average Bonchev–Trinajstić information content (AvgIpc) is 3.16. The van der Waals surface area contributed by atoms with Crippen LogP contribution < -0.4 is 16.2 Å². The number of amides is 2. The highest BCUT2D eigenvalue weighted by atomic mass is 16.3. The molecule has 3 rings (SSSR count). The van der Waals surface area contributed by atoms with E-state index in [0.29, 0.717) is 28.3 Å². The van der Waals surface area contributed by atoms with Crippen molar-refractivity contribution in [1.82, 2.24) is 15.3 Å². The van der Waals surface area contributed by atoms with Crippen molar-refractivity contribution in [1.29, 1.82) is 0 Å². The van der Waals surface area contributed by atoms with Crippen LogP contribution in [0, 0.1) is 6.92 Å². The summed E-state index contributed by atoms with van der Waals surface area (Å²) in [6.45, 7) is 3.31. The molecule has 2 amide bonds. The molecule has 0 spiro atoms. The van der Waals surface area contributed by atoms with Gasteiger partial charge in [0.05, 0.1) is 11.8 Å². The number of nitrogens with zero attached hydrogens (tertiary/aromatic N) is 1. The van der Waals surface area contributed by atoms with Crippen LogP contribution in [0.3, 0.4) is 0 Å². The molecule has 0 aliphatic carbocycles. The highest BCUT2D eigenvalue weighted by molar-refractivity contribution is 6.00. The molecule has 1 atom stereocenters. The minimum Gasteiger partial charge on any atom is -0.472 e. The fraction of sp³-hybridized carbons (Fsp3) is 0.158. The minimum atomic E-state index is -0.757. The molecule has 2 heterocycles. The summed E-state index contributed by atoms with van der Waals surface area (Å²) < 4.78 is 4.85. The first kappa shape index (κ1) is 18.1. The van der Waals surface area contributed by atoms with Crippen molar-refractivity contribution in [3.63, 3.8) is 0 Å². The lowest BCUT2D eigenvalue weighted by atomic mass is 10.1. The van der Waals surface area contributed by atoms with E-state index in [1.54, 1.807) is 38.1 Å². The van der Waals surface area contributed by atoms with Gasteiger partial charge in [-0.15, -0.1) is 0 Å². The maximum Gasteiger partial charge on any atom is 0.255 e. The van der Waals surface area contributed by atoms with E-state index in [1.807, 2.05) is 0 Å². The van der Waals surface area contributed by atoms with Crippen molar-refractivity contribution >= 4 is 17.5 Å². The van der Waals surface area contributed by atoms with Gasteiger partial charge in [-0.25, -0.2) is 4.98 Å². The van der Waals surface area contributed by atoms with Gasteiger partial charge >= 0.3 is 0 Å². The summed E-state index contributed by atoms with van der Waals surface area (Å²) in [5, 5.41) is 5.33. The molecule has 0 aliphatic rings. The van der Waals surface area contributed by atoms with Crippen molar-refractivity contribution < 1.29 is 14.0 Å². The molecular weight excluding hydrogens is 348 g/mol. The zero-order valence-corrected chi connectivity index (χ0v) is 14.8. The van der Waals surface area contributed by atoms with Gasteiger partial charge in [0.2, 0.25) is 5.91 Å². The number of aromatic nitrogens is 2. The molecule has 1 aromatic carbocycles. The monoisotopic (exact) mass is 366 g/mol. The molecule has 0 bridgehead atoms. The van der Waals surface area contributed by atoms with E-state index in [4.69, 9.17) is 4.42 Å². The molecule has 3 aromatic rings. The van der Waals surface area contributed by atoms with Gasteiger partial charge < -0.3 is 20.0 Å². The number of aryl methyl sites for hydroxylation is 1. The first-order valence-corrected chi connectivity index (χ1v) is 8.25. The first-order chi connectivity index (χ1) is 12.9. The maximum atomic E-state index is 12.4. The predicted octanol–water partition coefficient (Wildman–Crippen LogP) is 2.10. The number of H-pyrrole nitrogens is 1. The summed E-state index contributed by atoms with van der Waals surface area (Å²) in [4.78, 5) is 42.9. The van der Waals surface area contributed by atoms with Gasteiger partial charge in [0.15, 0.2) is 0 Å². The zero-order valence-electron chi connectivity index (χ0n) is 14.8. The fourth-order valence-electron chi connectivity index (χ4n) is 2.45. The minimum absolute atomic E-state index is 0.248. The lowest BCUT2D eigenvalue weighted by Crippen LogP contribution is -2.41. The highest BCUT2D eigenvalue weighted by Crippen LogP contribution is 2.19. The topological polar surface area (TPSA) is 117 Å². The molecule has 0 aliphatic heterocycles. The van der Waals surface area contributed by atoms with Gasteiger partial charge in [-0.2, -0.15) is 0 Å². The molecule has 138 valence electrons. The van der Waals surface area contributed by atoms with Crippen LogP contribution in [0.15, 0.2) is 58.1 Å². The van der Waals surface area contributed by atoms with E-state index in [-0.39, 0.29) is 11.5 Å². The number of carbonyl (C=O) groups excluding carboxylic acids is 2. The third-order valence-corrected chi connectivity index (χ3v) is 3.80. The molecule has 1 unspecified atom stereocenters. The standard InChI is InChI=1S/C19H18N4O4/c1-11-8-16(24)23-17(20-11)13-4-3-5-15(9-13)22-18(25)12(2)21-19(26)14-6-7-27-10-14/h3-10,12H,1-2H3,(H,21,26)(H,22,25)(H,20,23,24). The third-order valence-electron chi connectivity index (χ3n) is 3.80. The third kappa shape index (κ3) is 4.49. The number of hydrogen-bond donors (Lipinski definition) is 3. The molecule has 3 N–H and O–H groups in total. The Hall–Kier alpha value is -3.68. The molecule has 27 heavy (non-hydrogen) atoms. The number of anilines is 1. The summed E-state index contributed by atoms with van der Waals surface area (Å²) in [6.07, 6.45) is 2.69. The quantitative estimate of drug-likeness (QED) is 0.639. The number of furan rings is 1. The van der Waals surface area contributed by atoms with Crippen LogP contribution in [0.1, 0.15) is 23.0 Å². The SMILES string of the molecule is Cc1cc(=O)[nH]c(-c2cccc(NC(=O)C(C)NC(=O)c3ccoc3)c2)n1. The largest absolute Gasteiger partial charge is 0.472 e. The second-order valence-electron chi connectivity index (χ2n) is 6.01. The molecule has 0 fully saturated rings. The predicted molar refractivity (Wildman–Crippen MR) is 99.3 cm³/mol. The average molecular weight is 366 g/mol. The van der Waals surface area contributed by atoms with Crippen LogP contribution in [-0.2, 0) is 4.79 Å². The lowest BCUT2D eigenvalue weighted by Gasteiger charge is -2.14. The van der Waals surface area contributed by atoms with E-state index in [9.17, 15) is 14.4 Å². The summed E-state index contributed by atoms with van der Waals surface area (Å²) >= 11 is 0. The lowest BCUT2D eigenvalue weighted by molar-refractivity contribution is -0.117. The fourth-order valence-corrected chi connectivity index (χ4v) is 2.45. The maximum absolute atomic E-state index is 12.4. The summed E-state index contributed by atoms with van der Waals surface area (Å²) in [7, 11) is 0. The van der Waals surface area contributed by atoms with E-state index in [1.165, 1.54) is 24.7 Å². The number of carbonyl (C=O) groups is 2. The van der Waals surface area contributed by atoms with Crippen molar-refractivity contribution in [2.24, 2.45) is 0 Å². The van der Waals surface area contributed by atoms with Gasteiger partial charge in [0.1, 0.15) is 18.1 Å². The first-order valence-electron chi connectivity index (χ1n) is 8.25. The molecule has 0 saturated carbocycles. The van der Waals surface area contributed by atoms with Crippen LogP contribution in [-0.4, -0.2) is 27.8 Å². The normalized spacial score (nSPS) is 11.6. The Morgan fingerprint density at radius 3 is 2.74 bits per heavy atom. The van der Waals surface area contributed by atoms with Gasteiger partial charge in [0.25, 0.3) is 11.5 Å². The van der Waals surface area contributed by atoms with Crippen molar-refractivity contribution in [2.45, 2.75) is 19.9 Å². The Balaban J connectivity index is 1.71. The summed E-state index contributed by atoms with van der Waals surface area (Å²) in [5.41, 5.74) is 1.86. The number of aromatic amines is 1. The number of rotatable bonds is 5. The Kier molecular flexibility index (Phi) is 5.16. The van der Waals surface area contributed by atoms with Crippen LogP contribution >= 0.6 is 0 Å².